The van der Waals surface area contributed by atoms with Crippen molar-refractivity contribution in [3.05, 3.63) is 179 Å². The molecule has 1 radical (unpaired) electrons. The van der Waals surface area contributed by atoms with Crippen molar-refractivity contribution in [3.63, 3.8) is 0 Å². The molecule has 0 aliphatic rings. The van der Waals surface area contributed by atoms with Crippen LogP contribution in [0.25, 0.3) is 71.7 Å². The molecule has 0 saturated carbocycles. The first-order chi connectivity index (χ1) is 30.7. The zero-order chi connectivity index (χ0) is 45.3. The molecule has 9 rings (SSSR count). The molecule has 65 heavy (non-hydrogen) atoms. The van der Waals surface area contributed by atoms with Gasteiger partial charge >= 0.3 is 126 Å². The molecule has 0 unspecified atom stereocenters. The summed E-state index contributed by atoms with van der Waals surface area (Å²) in [6.07, 6.45) is 3.27. The van der Waals surface area contributed by atoms with Gasteiger partial charge in [0.05, 0.1) is 16.9 Å². The first-order valence-corrected chi connectivity index (χ1v) is 31.0. The molecule has 0 atom stereocenters. The summed E-state index contributed by atoms with van der Waals surface area (Å²) in [6, 6.07) is 51.1. The Morgan fingerprint density at radius 3 is 1.97 bits per heavy atom. The molecule has 3 aromatic heterocycles. The number of aromatic nitrogens is 3. The number of thiophene rings is 1. The number of aryl methyl sites for hydroxylation is 2. The Morgan fingerprint density at radius 2 is 1.34 bits per heavy atom. The van der Waals surface area contributed by atoms with Gasteiger partial charge in [-0.3, -0.25) is 16.3 Å². The number of pyridine rings is 1. The summed E-state index contributed by atoms with van der Waals surface area (Å²) in [5, 5.41) is 4.90. The van der Waals surface area contributed by atoms with Crippen molar-refractivity contribution in [2.45, 2.75) is 90.9 Å². The fraction of sp³-hybridized carbons (Fsp3) is 0.254. The number of imidazole rings is 1. The summed E-state index contributed by atoms with van der Waals surface area (Å²) in [4.78, 5) is 10.0. The number of nitrogens with zero attached hydrogens (tertiary/aromatic N) is 3. The van der Waals surface area contributed by atoms with E-state index in [0.717, 1.165) is 40.1 Å². The van der Waals surface area contributed by atoms with Crippen molar-refractivity contribution in [1.82, 2.24) is 14.5 Å². The molecule has 0 saturated heterocycles. The van der Waals surface area contributed by atoms with Crippen molar-refractivity contribution in [1.29, 1.82) is 0 Å². The van der Waals surface area contributed by atoms with Gasteiger partial charge in [0.15, 0.2) is 0 Å². The van der Waals surface area contributed by atoms with Gasteiger partial charge in [-0.2, -0.15) is 0 Å². The maximum Gasteiger partial charge on any atom is 0.0774 e. The van der Waals surface area contributed by atoms with Crippen molar-refractivity contribution < 1.29 is 20.1 Å². The van der Waals surface area contributed by atoms with Crippen LogP contribution in [0.15, 0.2) is 140 Å². The van der Waals surface area contributed by atoms with Gasteiger partial charge in [-0.25, -0.2) is 0 Å². The van der Waals surface area contributed by atoms with Crippen LogP contribution in [-0.2, 0) is 26.5 Å². The third kappa shape index (κ3) is 10.2. The van der Waals surface area contributed by atoms with Crippen LogP contribution in [0, 0.1) is 31.2 Å². The third-order valence-corrected chi connectivity index (χ3v) is 17.4. The number of fused-ring (bicyclic) bond motifs is 2. The summed E-state index contributed by atoms with van der Waals surface area (Å²) in [6.45, 7) is 18.2. The van der Waals surface area contributed by atoms with Gasteiger partial charge < -0.3 is 4.57 Å². The minimum absolute atomic E-state index is 0. The molecule has 0 N–H and O–H groups in total. The molecular weight excluding hydrogens is 1050 g/mol. The fourth-order valence-corrected chi connectivity index (χ4v) is 13.2. The normalized spacial score (nSPS) is 11.7. The minimum Gasteiger partial charge on any atom is -0.333 e. The Hall–Kier alpha value is -4.91. The maximum absolute atomic E-state index is 5.34. The summed E-state index contributed by atoms with van der Waals surface area (Å²) in [5.41, 5.74) is 18.4. The van der Waals surface area contributed by atoms with Crippen LogP contribution in [0.5, 0.6) is 0 Å². The van der Waals surface area contributed by atoms with Crippen LogP contribution in [0.1, 0.15) is 81.2 Å². The van der Waals surface area contributed by atoms with Crippen LogP contribution in [0.2, 0.25) is 17.3 Å². The largest absolute Gasteiger partial charge is 0.333 e. The van der Waals surface area contributed by atoms with E-state index in [2.05, 4.69) is 210 Å². The van der Waals surface area contributed by atoms with E-state index in [1.54, 1.807) is 15.7 Å². The molecule has 0 fully saturated rings. The quantitative estimate of drug-likeness (QED) is 0.101. The summed E-state index contributed by atoms with van der Waals surface area (Å²) >= 11 is -0.181. The van der Waals surface area contributed by atoms with Crippen LogP contribution in [0.4, 0.5) is 0 Å². The second-order valence-electron chi connectivity index (χ2n) is 19.3. The van der Waals surface area contributed by atoms with Crippen LogP contribution in [-0.4, -0.2) is 27.8 Å². The first kappa shape index (κ1) is 48.0. The van der Waals surface area contributed by atoms with E-state index in [-0.39, 0.29) is 20.1 Å². The Morgan fingerprint density at radius 1 is 0.677 bits per heavy atom. The maximum atomic E-state index is 5.34. The average molecular weight is 1110 g/mol. The average Bonchev–Trinajstić information content (AvgIpc) is 3.87. The Labute approximate surface area is 408 Å². The van der Waals surface area contributed by atoms with Crippen LogP contribution in [0.3, 0.4) is 0 Å². The second-order valence-corrected chi connectivity index (χ2v) is 30.8. The summed E-state index contributed by atoms with van der Waals surface area (Å²) < 4.78 is 5.19. The van der Waals surface area contributed by atoms with Crippen molar-refractivity contribution in [3.8, 4) is 50.6 Å². The van der Waals surface area contributed by atoms with Gasteiger partial charge in [-0.15, -0.1) is 5.39 Å². The molecule has 6 heteroatoms. The molecule has 0 bridgehead atoms. The molecule has 0 spiro atoms. The van der Waals surface area contributed by atoms with Gasteiger partial charge in [0.1, 0.15) is 0 Å². The number of benzene rings is 6. The molecule has 3 nitrogen and oxygen atoms in total. The van der Waals surface area contributed by atoms with E-state index in [9.17, 15) is 0 Å². The topological polar surface area (TPSA) is 30.7 Å². The molecule has 333 valence electrons. The molecule has 3 heterocycles. The van der Waals surface area contributed by atoms with E-state index < -0.39 is 13.3 Å². The number of hydrogen-bond acceptors (Lipinski definition) is 3. The fourth-order valence-electron chi connectivity index (χ4n) is 9.08. The first-order valence-electron chi connectivity index (χ1n) is 22.9. The van der Waals surface area contributed by atoms with Crippen molar-refractivity contribution in [2.75, 3.05) is 0 Å². The van der Waals surface area contributed by atoms with Crippen molar-refractivity contribution in [2.24, 2.45) is 5.92 Å². The number of para-hydroxylation sites is 2. The Kier molecular flexibility index (Phi) is 15.0. The van der Waals surface area contributed by atoms with Gasteiger partial charge in [0, 0.05) is 25.8 Å². The van der Waals surface area contributed by atoms with Gasteiger partial charge in [-0.05, 0) is 94.5 Å². The predicted octanol–water partition coefficient (Wildman–Crippen LogP) is 16.2. The molecule has 9 aromatic rings. The third-order valence-electron chi connectivity index (χ3n) is 12.2. The van der Waals surface area contributed by atoms with Gasteiger partial charge in [0.25, 0.3) is 0 Å². The van der Waals surface area contributed by atoms with Gasteiger partial charge in [0.2, 0.25) is 0 Å². The second kappa shape index (κ2) is 20.3. The zero-order valence-corrected chi connectivity index (χ0v) is 45.1. The van der Waals surface area contributed by atoms with E-state index in [1.807, 2.05) is 18.2 Å². The number of rotatable bonds is 10. The SMILES string of the molecule is CC(C)Cc1cc(-c2[c-]cccc2)nc[c]1[Ge]([CH3])([CH3])[CH3].Cc1cccc(C)c1-c1ccc2s[c-]c(-c3nc4ccccc4n3-c3c(C(C)C)cc(-c4ccccc4)cc3C(C)C)c2c1.[Ir]. The van der Waals surface area contributed by atoms with E-state index in [4.69, 9.17) is 9.97 Å². The van der Waals surface area contributed by atoms with Crippen LogP contribution < -0.4 is 4.40 Å². The van der Waals surface area contributed by atoms with E-state index >= 15 is 0 Å². The monoisotopic (exact) mass is 1110 g/mol. The standard InChI is InChI=1S/C41H37N2S.C18H24GeN.Ir/c1-25(2)32-22-31(29-15-8-7-9-16-29)23-33(26(3)4)40(32)43-37-18-11-10-17-36(37)42-41(43)35-24-44-38-20-19-30(21-34(35)38)39-27(5)13-12-14-28(39)6;1-14(2)11-16-12-18(15-9-7-6-8-10-15)20-13-17(16)19(3,4)5;/h7-23,25-26H,1-6H3;6-9,12-14H,11H2,1-5H3;/q2*-1;. The smallest absolute Gasteiger partial charge is 0.0774 e. The minimum atomic E-state index is -1.86. The Bertz CT molecular complexity index is 3010. The summed E-state index contributed by atoms with van der Waals surface area (Å²) in [7, 11) is 0. The van der Waals surface area contributed by atoms with Crippen LogP contribution >= 0.6 is 11.3 Å². The molecule has 6 aromatic carbocycles. The Balaban J connectivity index is 0.000000253. The summed E-state index contributed by atoms with van der Waals surface area (Å²) in [5.74, 6) is 9.58. The van der Waals surface area contributed by atoms with Gasteiger partial charge in [-0.1, -0.05) is 122 Å². The van der Waals surface area contributed by atoms with E-state index in [1.165, 1.54) is 65.8 Å². The zero-order valence-electron chi connectivity index (χ0n) is 39.8. The molecule has 0 amide bonds. The molecule has 0 aliphatic heterocycles. The van der Waals surface area contributed by atoms with E-state index in [0.29, 0.717) is 17.8 Å². The molecular formula is C59H61GeIrN3S-2. The van der Waals surface area contributed by atoms with Crippen molar-refractivity contribution >= 4 is 50.1 Å². The number of hydrogen-bond donors (Lipinski definition) is 0. The predicted molar refractivity (Wildman–Crippen MR) is 279 cm³/mol. The molecule has 0 aliphatic carbocycles.